The van der Waals surface area contributed by atoms with Gasteiger partial charge in [-0.2, -0.15) is 0 Å². The molecule has 0 spiro atoms. The Morgan fingerprint density at radius 3 is 2.62 bits per heavy atom. The first-order valence-electron chi connectivity index (χ1n) is 8.48. The SMILES string of the molecule is C=C1C2=CC(=O)C(C)(CC(OC(=O)C(C)C)C3C(=C)C(=O)OC3C1O)O2. The molecule has 0 aromatic rings. The lowest BCUT2D eigenvalue weighted by Crippen LogP contribution is -2.45. The van der Waals surface area contributed by atoms with Crippen molar-refractivity contribution in [2.45, 2.75) is 51.1 Å². The molecule has 26 heavy (non-hydrogen) atoms. The molecule has 7 nitrogen and oxygen atoms in total. The lowest BCUT2D eigenvalue weighted by Gasteiger charge is -2.32. The Balaban J connectivity index is 2.07. The maximum atomic E-state index is 12.5. The molecule has 3 aliphatic rings. The number of aliphatic hydroxyl groups is 1. The Bertz CT molecular complexity index is 747. The maximum Gasteiger partial charge on any atom is 0.334 e. The third-order valence-corrected chi connectivity index (χ3v) is 5.10. The number of aliphatic hydroxyl groups excluding tert-OH is 1. The summed E-state index contributed by atoms with van der Waals surface area (Å²) in [5.41, 5.74) is -1.07. The molecule has 5 unspecified atom stereocenters. The first kappa shape index (κ1) is 18.4. The van der Waals surface area contributed by atoms with Crippen LogP contribution in [0.15, 0.2) is 36.1 Å². The smallest absolute Gasteiger partial charge is 0.334 e. The van der Waals surface area contributed by atoms with Gasteiger partial charge in [0.05, 0.1) is 11.8 Å². The minimum Gasteiger partial charge on any atom is -0.479 e. The lowest BCUT2D eigenvalue weighted by atomic mass is 9.80. The number of ether oxygens (including phenoxy) is 3. The van der Waals surface area contributed by atoms with Gasteiger partial charge in [0.25, 0.3) is 0 Å². The Morgan fingerprint density at radius 2 is 2.00 bits per heavy atom. The highest BCUT2D eigenvalue weighted by molar-refractivity contribution is 6.00. The zero-order valence-corrected chi connectivity index (χ0v) is 15.0. The molecule has 0 aromatic carbocycles. The highest BCUT2D eigenvalue weighted by Gasteiger charge is 2.55. The molecule has 5 atom stereocenters. The number of ketones is 1. The van der Waals surface area contributed by atoms with Crippen molar-refractivity contribution in [2.24, 2.45) is 11.8 Å². The van der Waals surface area contributed by atoms with Crippen LogP contribution in [0.3, 0.4) is 0 Å². The van der Waals surface area contributed by atoms with Crippen LogP contribution < -0.4 is 0 Å². The van der Waals surface area contributed by atoms with E-state index >= 15 is 0 Å². The fourth-order valence-corrected chi connectivity index (χ4v) is 3.45. The first-order chi connectivity index (χ1) is 12.0. The Hall–Kier alpha value is -2.41. The van der Waals surface area contributed by atoms with E-state index in [0.29, 0.717) is 0 Å². The molecule has 0 saturated carbocycles. The Kier molecular flexibility index (Phi) is 4.30. The van der Waals surface area contributed by atoms with Crippen LogP contribution in [0.4, 0.5) is 0 Å². The molecular weight excluding hydrogens is 340 g/mol. The minimum atomic E-state index is -1.32. The van der Waals surface area contributed by atoms with E-state index in [1.165, 1.54) is 6.08 Å². The van der Waals surface area contributed by atoms with Crippen molar-refractivity contribution >= 4 is 17.7 Å². The van der Waals surface area contributed by atoms with Crippen LogP contribution in [-0.2, 0) is 28.6 Å². The predicted octanol–water partition coefficient (Wildman–Crippen LogP) is 1.21. The number of carbonyl (C=O) groups excluding carboxylic acids is 3. The molecule has 0 radical (unpaired) electrons. The summed E-state index contributed by atoms with van der Waals surface area (Å²) in [5, 5.41) is 10.7. The third kappa shape index (κ3) is 2.76. The van der Waals surface area contributed by atoms with Gasteiger partial charge in [-0.1, -0.05) is 27.0 Å². The summed E-state index contributed by atoms with van der Waals surface area (Å²) in [6.07, 6.45) is -1.99. The summed E-state index contributed by atoms with van der Waals surface area (Å²) in [6, 6.07) is 0. The molecule has 0 aliphatic carbocycles. The molecule has 140 valence electrons. The third-order valence-electron chi connectivity index (χ3n) is 5.10. The molecule has 3 aliphatic heterocycles. The lowest BCUT2D eigenvalue weighted by molar-refractivity contribution is -0.162. The summed E-state index contributed by atoms with van der Waals surface area (Å²) >= 11 is 0. The van der Waals surface area contributed by atoms with Crippen molar-refractivity contribution in [3.63, 3.8) is 0 Å². The zero-order valence-electron chi connectivity index (χ0n) is 15.0. The van der Waals surface area contributed by atoms with Crippen LogP contribution in [0.5, 0.6) is 0 Å². The van der Waals surface area contributed by atoms with Gasteiger partial charge in [0, 0.05) is 23.6 Å². The normalized spacial score (nSPS) is 36.6. The average molecular weight is 362 g/mol. The van der Waals surface area contributed by atoms with Gasteiger partial charge in [0.15, 0.2) is 5.60 Å². The molecule has 2 bridgehead atoms. The van der Waals surface area contributed by atoms with Gasteiger partial charge in [0.1, 0.15) is 24.1 Å². The molecule has 2 saturated heterocycles. The van der Waals surface area contributed by atoms with E-state index in [1.807, 2.05) is 0 Å². The van der Waals surface area contributed by atoms with Crippen LogP contribution in [-0.4, -0.2) is 46.7 Å². The van der Waals surface area contributed by atoms with Gasteiger partial charge in [-0.25, -0.2) is 4.79 Å². The van der Waals surface area contributed by atoms with Crippen molar-refractivity contribution in [2.75, 3.05) is 0 Å². The van der Waals surface area contributed by atoms with E-state index in [9.17, 15) is 19.5 Å². The van der Waals surface area contributed by atoms with Crippen LogP contribution in [0.2, 0.25) is 0 Å². The maximum absolute atomic E-state index is 12.5. The molecule has 2 fully saturated rings. The van der Waals surface area contributed by atoms with Crippen molar-refractivity contribution in [3.05, 3.63) is 36.1 Å². The second kappa shape index (κ2) is 6.09. The first-order valence-corrected chi connectivity index (χ1v) is 8.48. The van der Waals surface area contributed by atoms with E-state index in [1.54, 1.807) is 20.8 Å². The van der Waals surface area contributed by atoms with E-state index in [2.05, 4.69) is 13.2 Å². The predicted molar refractivity (Wildman–Crippen MR) is 89.6 cm³/mol. The van der Waals surface area contributed by atoms with Crippen LogP contribution in [0.1, 0.15) is 27.2 Å². The van der Waals surface area contributed by atoms with Crippen molar-refractivity contribution in [1.82, 2.24) is 0 Å². The summed E-state index contributed by atoms with van der Waals surface area (Å²) in [7, 11) is 0. The van der Waals surface area contributed by atoms with Crippen molar-refractivity contribution in [1.29, 1.82) is 0 Å². The monoisotopic (exact) mass is 362 g/mol. The standard InChI is InChI=1S/C19H22O7/c1-8(2)17(22)24-12-7-19(5)13(20)6-11(26-19)9(3)15(21)16-14(12)10(4)18(23)25-16/h6,8,12,14-16,21H,3-4,7H2,1-2,5H3. The number of hydrogen-bond donors (Lipinski definition) is 1. The zero-order chi connectivity index (χ0) is 19.4. The molecule has 3 rings (SSSR count). The highest BCUT2D eigenvalue weighted by Crippen LogP contribution is 2.44. The molecule has 7 heteroatoms. The fraction of sp³-hybridized carbons (Fsp3) is 0.526. The molecule has 1 N–H and O–H groups in total. The summed E-state index contributed by atoms with van der Waals surface area (Å²) < 4.78 is 16.6. The number of esters is 2. The Labute approximate surface area is 151 Å². The molecule has 0 aromatic heterocycles. The number of hydrogen-bond acceptors (Lipinski definition) is 7. The van der Waals surface area contributed by atoms with Crippen molar-refractivity contribution < 1.29 is 33.7 Å². The van der Waals surface area contributed by atoms with Crippen LogP contribution in [0.25, 0.3) is 0 Å². The van der Waals surface area contributed by atoms with Gasteiger partial charge >= 0.3 is 11.9 Å². The minimum absolute atomic E-state index is 0.00111. The second-order valence-corrected chi connectivity index (χ2v) is 7.43. The number of carbonyl (C=O) groups is 3. The van der Waals surface area contributed by atoms with Crippen LogP contribution >= 0.6 is 0 Å². The fourth-order valence-electron chi connectivity index (χ4n) is 3.45. The van der Waals surface area contributed by atoms with E-state index in [0.717, 1.165) is 0 Å². The van der Waals surface area contributed by atoms with Gasteiger partial charge in [-0.15, -0.1) is 0 Å². The van der Waals surface area contributed by atoms with Gasteiger partial charge in [-0.05, 0) is 6.92 Å². The number of fused-ring (bicyclic) bond motifs is 3. The topological polar surface area (TPSA) is 99.1 Å². The largest absolute Gasteiger partial charge is 0.479 e. The van der Waals surface area contributed by atoms with E-state index < -0.39 is 47.7 Å². The molecular formula is C19H22O7. The van der Waals surface area contributed by atoms with Gasteiger partial charge < -0.3 is 19.3 Å². The summed E-state index contributed by atoms with van der Waals surface area (Å²) in [5.74, 6) is -2.54. The second-order valence-electron chi connectivity index (χ2n) is 7.43. The van der Waals surface area contributed by atoms with Gasteiger partial charge in [0.2, 0.25) is 5.78 Å². The number of rotatable bonds is 2. The highest BCUT2D eigenvalue weighted by atomic mass is 16.6. The van der Waals surface area contributed by atoms with E-state index in [-0.39, 0.29) is 29.1 Å². The quantitative estimate of drug-likeness (QED) is 0.582. The molecule has 0 amide bonds. The van der Waals surface area contributed by atoms with E-state index in [4.69, 9.17) is 14.2 Å². The van der Waals surface area contributed by atoms with Gasteiger partial charge in [-0.3, -0.25) is 9.59 Å². The average Bonchev–Trinajstić information content (AvgIpc) is 3.02. The molecule has 3 heterocycles. The Morgan fingerprint density at radius 1 is 1.35 bits per heavy atom. The summed E-state index contributed by atoms with van der Waals surface area (Å²) in [6.45, 7) is 12.5. The van der Waals surface area contributed by atoms with Crippen molar-refractivity contribution in [3.8, 4) is 0 Å². The van der Waals surface area contributed by atoms with Crippen LogP contribution in [0, 0.1) is 11.8 Å². The summed E-state index contributed by atoms with van der Waals surface area (Å²) in [4.78, 5) is 36.8.